The van der Waals surface area contributed by atoms with Crippen LogP contribution in [0.1, 0.15) is 6.23 Å². The number of hydrogen-bond acceptors (Lipinski definition) is 8. The van der Waals surface area contributed by atoms with Crippen molar-refractivity contribution in [2.45, 2.75) is 29.6 Å². The molecule has 0 saturated carbocycles. The summed E-state index contributed by atoms with van der Waals surface area (Å²) in [5, 5.41) is 33.9. The molecule has 108 valence electrons. The Kier molecular flexibility index (Phi) is 3.61. The molecule has 0 aliphatic carbocycles. The average molecular weight is 298 g/mol. The molecular formula is C11H14N4O4S. The maximum atomic E-state index is 10.1. The minimum absolute atomic E-state index is 0.375. The van der Waals surface area contributed by atoms with Crippen molar-refractivity contribution in [1.82, 2.24) is 19.7 Å². The maximum Gasteiger partial charge on any atom is 0.179 e. The van der Waals surface area contributed by atoms with Gasteiger partial charge in [0.15, 0.2) is 6.23 Å². The summed E-state index contributed by atoms with van der Waals surface area (Å²) in [4.78, 5) is 8.26. The second-order valence-corrected chi connectivity index (χ2v) is 5.23. The van der Waals surface area contributed by atoms with Gasteiger partial charge < -0.3 is 20.1 Å². The molecule has 0 spiro atoms. The van der Waals surface area contributed by atoms with Crippen LogP contribution in [0.2, 0.25) is 0 Å². The van der Waals surface area contributed by atoms with Crippen LogP contribution in [0.25, 0.3) is 11.0 Å². The number of ether oxygens (including phenoxy) is 1. The zero-order chi connectivity index (χ0) is 14.3. The van der Waals surface area contributed by atoms with Crippen molar-refractivity contribution in [2.24, 2.45) is 0 Å². The molecule has 0 radical (unpaired) electrons. The molecule has 8 nitrogen and oxygen atoms in total. The molecule has 20 heavy (non-hydrogen) atoms. The maximum absolute atomic E-state index is 10.1. The highest BCUT2D eigenvalue weighted by molar-refractivity contribution is 7.98. The molecule has 1 fully saturated rings. The van der Waals surface area contributed by atoms with E-state index in [0.717, 1.165) is 0 Å². The summed E-state index contributed by atoms with van der Waals surface area (Å²) in [5.41, 5.74) is 1.26. The van der Waals surface area contributed by atoms with E-state index in [1.54, 1.807) is 6.20 Å². The van der Waals surface area contributed by atoms with Crippen LogP contribution in [0, 0.1) is 0 Å². The van der Waals surface area contributed by atoms with Gasteiger partial charge in [-0.25, -0.2) is 14.6 Å². The second kappa shape index (κ2) is 5.26. The Morgan fingerprint density at radius 1 is 1.35 bits per heavy atom. The van der Waals surface area contributed by atoms with Crippen molar-refractivity contribution in [3.05, 3.63) is 12.5 Å². The lowest BCUT2D eigenvalue weighted by molar-refractivity contribution is -0.0565. The van der Waals surface area contributed by atoms with Gasteiger partial charge in [-0.1, -0.05) is 0 Å². The van der Waals surface area contributed by atoms with E-state index in [-0.39, 0.29) is 6.61 Å². The highest BCUT2D eigenvalue weighted by Crippen LogP contribution is 2.33. The van der Waals surface area contributed by atoms with Crippen molar-refractivity contribution in [1.29, 1.82) is 0 Å². The number of aliphatic hydroxyl groups excluding tert-OH is 3. The summed E-state index contributed by atoms with van der Waals surface area (Å²) in [6.07, 6.45) is 0.810. The van der Waals surface area contributed by atoms with Crippen LogP contribution < -0.4 is 0 Å². The monoisotopic (exact) mass is 298 g/mol. The molecule has 2 aromatic heterocycles. The van der Waals surface area contributed by atoms with Crippen molar-refractivity contribution >= 4 is 22.8 Å². The topological polar surface area (TPSA) is 114 Å². The van der Waals surface area contributed by atoms with Crippen LogP contribution >= 0.6 is 11.8 Å². The van der Waals surface area contributed by atoms with Crippen molar-refractivity contribution in [2.75, 3.05) is 12.9 Å². The molecule has 9 heteroatoms. The first-order valence-electron chi connectivity index (χ1n) is 6.02. The van der Waals surface area contributed by atoms with E-state index in [4.69, 9.17) is 9.84 Å². The largest absolute Gasteiger partial charge is 0.394 e. The first-order chi connectivity index (χ1) is 9.67. The lowest BCUT2D eigenvalue weighted by atomic mass is 10.1. The third-order valence-corrected chi connectivity index (χ3v) is 3.99. The van der Waals surface area contributed by atoms with E-state index in [2.05, 4.69) is 15.1 Å². The van der Waals surface area contributed by atoms with Gasteiger partial charge in [0.05, 0.1) is 12.8 Å². The number of aromatic nitrogens is 4. The first-order valence-corrected chi connectivity index (χ1v) is 7.24. The number of nitrogens with zero attached hydrogens (tertiary/aromatic N) is 4. The summed E-state index contributed by atoms with van der Waals surface area (Å²) in [6.45, 7) is -0.375. The molecule has 1 saturated heterocycles. The minimum atomic E-state index is -1.18. The molecule has 0 unspecified atom stereocenters. The Balaban J connectivity index is 2.07. The van der Waals surface area contributed by atoms with Gasteiger partial charge in [-0.3, -0.25) is 0 Å². The molecule has 2 aromatic rings. The highest BCUT2D eigenvalue weighted by Gasteiger charge is 2.44. The molecule has 1 aliphatic heterocycles. The van der Waals surface area contributed by atoms with Crippen LogP contribution in [0.3, 0.4) is 0 Å². The fourth-order valence-corrected chi connectivity index (χ4v) is 2.83. The quantitative estimate of drug-likeness (QED) is 0.496. The van der Waals surface area contributed by atoms with E-state index < -0.39 is 24.5 Å². The molecule has 0 bridgehead atoms. The molecular weight excluding hydrogens is 284 g/mol. The van der Waals surface area contributed by atoms with Crippen LogP contribution in [0.15, 0.2) is 17.6 Å². The van der Waals surface area contributed by atoms with Crippen LogP contribution in [0.4, 0.5) is 0 Å². The van der Waals surface area contributed by atoms with Crippen LogP contribution in [-0.4, -0.2) is 66.2 Å². The van der Waals surface area contributed by atoms with Gasteiger partial charge in [0.25, 0.3) is 0 Å². The zero-order valence-corrected chi connectivity index (χ0v) is 11.4. The van der Waals surface area contributed by atoms with E-state index in [9.17, 15) is 10.2 Å². The third-order valence-electron chi connectivity index (χ3n) is 3.30. The van der Waals surface area contributed by atoms with Gasteiger partial charge in [-0.2, -0.15) is 5.10 Å². The molecule has 1 aliphatic rings. The highest BCUT2D eigenvalue weighted by atomic mass is 32.2. The van der Waals surface area contributed by atoms with Gasteiger partial charge >= 0.3 is 0 Å². The fraction of sp³-hybridized carbons (Fsp3) is 0.545. The molecule has 3 rings (SSSR count). The Hall–Kier alpha value is -1.26. The van der Waals surface area contributed by atoms with Gasteiger partial charge in [0.1, 0.15) is 40.7 Å². The summed E-state index contributed by atoms with van der Waals surface area (Å²) < 4.78 is 6.92. The van der Waals surface area contributed by atoms with Gasteiger partial charge in [0, 0.05) is 0 Å². The molecule has 3 heterocycles. The summed E-state index contributed by atoms with van der Waals surface area (Å²) in [5.74, 6) is 0. The van der Waals surface area contributed by atoms with E-state index in [1.165, 1.54) is 22.8 Å². The Labute approximate surface area is 118 Å². The Bertz CT molecular complexity index is 621. The van der Waals surface area contributed by atoms with E-state index in [1.807, 2.05) is 6.26 Å². The lowest BCUT2D eigenvalue weighted by Gasteiger charge is -2.16. The van der Waals surface area contributed by atoms with E-state index in [0.29, 0.717) is 16.1 Å². The smallest absolute Gasteiger partial charge is 0.179 e. The Morgan fingerprint density at radius 3 is 2.80 bits per heavy atom. The zero-order valence-electron chi connectivity index (χ0n) is 10.6. The molecule has 0 amide bonds. The van der Waals surface area contributed by atoms with Crippen molar-refractivity contribution in [3.8, 4) is 0 Å². The lowest BCUT2D eigenvalue weighted by Crippen LogP contribution is -2.33. The average Bonchev–Trinajstić information content (AvgIpc) is 3.01. The van der Waals surface area contributed by atoms with Crippen LogP contribution in [-0.2, 0) is 4.74 Å². The number of fused-ring (bicyclic) bond motifs is 1. The second-order valence-electron chi connectivity index (χ2n) is 4.43. The number of aliphatic hydroxyl groups is 3. The van der Waals surface area contributed by atoms with Gasteiger partial charge in [0.2, 0.25) is 0 Å². The Morgan fingerprint density at radius 2 is 2.15 bits per heavy atom. The van der Waals surface area contributed by atoms with E-state index >= 15 is 0 Å². The fourth-order valence-electron chi connectivity index (χ4n) is 2.28. The SMILES string of the molecule is CSc1ncnc2cnn([C@H]3O[C@H](CO)[C@@H](O)[C@@H]3O)c12. The third kappa shape index (κ3) is 1.98. The number of hydrogen-bond donors (Lipinski definition) is 3. The van der Waals surface area contributed by atoms with Gasteiger partial charge in [-0.15, -0.1) is 11.8 Å². The molecule has 0 aromatic carbocycles. The van der Waals surface area contributed by atoms with Crippen LogP contribution in [0.5, 0.6) is 0 Å². The van der Waals surface area contributed by atoms with Crippen molar-refractivity contribution < 1.29 is 20.1 Å². The number of thioether (sulfide) groups is 1. The predicted molar refractivity (Wildman–Crippen MR) is 70.1 cm³/mol. The standard InChI is InChI=1S/C11H14N4O4S/c1-20-10-7-5(12-4-13-10)2-14-15(7)11-9(18)8(17)6(3-16)19-11/h2,4,6,8-9,11,16-18H,3H2,1H3/t6-,8-,9+,11+/m1/s1. The minimum Gasteiger partial charge on any atom is -0.394 e. The molecule has 3 N–H and O–H groups in total. The summed E-state index contributed by atoms with van der Waals surface area (Å²) >= 11 is 1.42. The predicted octanol–water partition coefficient (Wildman–Crippen LogP) is -0.840. The van der Waals surface area contributed by atoms with Crippen molar-refractivity contribution in [3.63, 3.8) is 0 Å². The first kappa shape index (κ1) is 13.7. The summed E-state index contributed by atoms with van der Waals surface area (Å²) in [7, 11) is 0. The number of rotatable bonds is 3. The normalized spacial score (nSPS) is 30.2. The van der Waals surface area contributed by atoms with Gasteiger partial charge in [-0.05, 0) is 6.26 Å². The summed E-state index contributed by atoms with van der Waals surface area (Å²) in [6, 6.07) is 0. The molecule has 4 atom stereocenters.